The van der Waals surface area contributed by atoms with Crippen LogP contribution < -0.4 is 27.7 Å². The highest BCUT2D eigenvalue weighted by Crippen LogP contribution is 2.02. The van der Waals surface area contributed by atoms with Gasteiger partial charge in [-0.3, -0.25) is 11.3 Å². The Morgan fingerprint density at radius 2 is 1.40 bits per heavy atom. The lowest BCUT2D eigenvalue weighted by atomic mass is 10.3. The van der Waals surface area contributed by atoms with Gasteiger partial charge in [-0.2, -0.15) is 0 Å². The summed E-state index contributed by atoms with van der Waals surface area (Å²) in [6.07, 6.45) is 0. The lowest BCUT2D eigenvalue weighted by Gasteiger charge is -2.07. The van der Waals surface area contributed by atoms with E-state index in [2.05, 4.69) is 46.7 Å². The van der Waals surface area contributed by atoms with Gasteiger partial charge in [0.2, 0.25) is 0 Å². The van der Waals surface area contributed by atoms with E-state index in [0.717, 1.165) is 11.4 Å². The Labute approximate surface area is 129 Å². The number of thiol groups is 1. The molecule has 0 atom stereocenters. The van der Waals surface area contributed by atoms with Crippen LogP contribution in [0.1, 0.15) is 0 Å². The third kappa shape index (κ3) is 7.59. The molecule has 0 bridgehead atoms. The molecule has 106 valence electrons. The van der Waals surface area contributed by atoms with E-state index in [1.807, 2.05) is 60.7 Å². The van der Waals surface area contributed by atoms with Crippen LogP contribution >= 0.6 is 24.8 Å². The van der Waals surface area contributed by atoms with Crippen molar-refractivity contribution in [2.24, 2.45) is 5.84 Å². The number of hydrogen-bond donors (Lipinski definition) is 6. The van der Waals surface area contributed by atoms with E-state index in [9.17, 15) is 0 Å². The molecule has 6 N–H and O–H groups in total. The molecule has 2 aromatic carbocycles. The normalized spacial score (nSPS) is 8.90. The molecule has 0 aliphatic heterocycles. The van der Waals surface area contributed by atoms with E-state index < -0.39 is 0 Å². The van der Waals surface area contributed by atoms with Crippen molar-refractivity contribution in [3.05, 3.63) is 60.7 Å². The van der Waals surface area contributed by atoms with Crippen LogP contribution in [0.2, 0.25) is 0 Å². The second kappa shape index (κ2) is 10.0. The predicted molar refractivity (Wildman–Crippen MR) is 92.2 cm³/mol. The molecule has 0 saturated heterocycles. The molecule has 0 fully saturated rings. The number of hydrazine groups is 3. The van der Waals surface area contributed by atoms with E-state index in [1.165, 1.54) is 0 Å². The topological polar surface area (TPSA) is 74.1 Å². The van der Waals surface area contributed by atoms with Gasteiger partial charge in [0, 0.05) is 5.69 Å². The monoisotopic (exact) mass is 307 g/mol. The zero-order chi connectivity index (χ0) is 14.6. The molecule has 0 aromatic heterocycles. The first-order valence-corrected chi connectivity index (χ1v) is 6.64. The second-order valence-corrected chi connectivity index (χ2v) is 4.71. The fraction of sp³-hybridized carbons (Fsp3) is 0. The van der Waals surface area contributed by atoms with E-state index in [1.54, 1.807) is 0 Å². The van der Waals surface area contributed by atoms with E-state index in [4.69, 9.17) is 5.84 Å². The Bertz CT molecular complexity index is 493. The number of anilines is 2. The minimum absolute atomic E-state index is 0.387. The Kier molecular flexibility index (Phi) is 8.16. The van der Waals surface area contributed by atoms with E-state index in [0.29, 0.717) is 4.32 Å². The van der Waals surface area contributed by atoms with Crippen LogP contribution in [0.3, 0.4) is 0 Å². The summed E-state index contributed by atoms with van der Waals surface area (Å²) in [4.78, 5) is 0. The molecule has 2 rings (SSSR count). The van der Waals surface area contributed by atoms with Gasteiger partial charge >= 0.3 is 0 Å². The zero-order valence-corrected chi connectivity index (χ0v) is 12.4. The van der Waals surface area contributed by atoms with Gasteiger partial charge in [0.25, 0.3) is 0 Å². The molecule has 20 heavy (non-hydrogen) atoms. The molecule has 5 nitrogen and oxygen atoms in total. The SMILES string of the molecule is NNc1ccccc1.S=C(S)NNNc1ccccc1. The summed E-state index contributed by atoms with van der Waals surface area (Å²) in [6, 6.07) is 19.3. The Balaban J connectivity index is 0.000000217. The average Bonchev–Trinajstić information content (AvgIpc) is 2.49. The number of nitrogens with two attached hydrogens (primary N) is 1. The Morgan fingerprint density at radius 1 is 0.900 bits per heavy atom. The van der Waals surface area contributed by atoms with E-state index >= 15 is 0 Å². The van der Waals surface area contributed by atoms with Crippen molar-refractivity contribution >= 4 is 40.5 Å². The maximum absolute atomic E-state index is 5.10. The highest BCUT2D eigenvalue weighted by atomic mass is 32.1. The lowest BCUT2D eigenvalue weighted by molar-refractivity contribution is 0.770. The van der Waals surface area contributed by atoms with E-state index in [-0.39, 0.29) is 0 Å². The molecule has 0 aliphatic carbocycles. The standard InChI is InChI=1S/C7H9N3S2.C6H8N2/c11-7(12)9-10-8-6-4-2-1-3-5-6;7-8-6-4-2-1-3-5-6/h1-5,8,10H,(H2,9,11,12);1-5,8H,7H2. The summed E-state index contributed by atoms with van der Waals surface area (Å²) in [5.74, 6) is 5.10. The van der Waals surface area contributed by atoms with Crippen molar-refractivity contribution in [2.45, 2.75) is 0 Å². The fourth-order valence-electron chi connectivity index (χ4n) is 1.21. The first-order chi connectivity index (χ1) is 9.72. The third-order valence-corrected chi connectivity index (χ3v) is 2.30. The second-order valence-electron chi connectivity index (χ2n) is 3.56. The van der Waals surface area contributed by atoms with Gasteiger partial charge in [0.15, 0.2) is 0 Å². The average molecular weight is 307 g/mol. The van der Waals surface area contributed by atoms with Gasteiger partial charge in [-0.1, -0.05) is 48.6 Å². The molecule has 0 unspecified atom stereocenters. The quantitative estimate of drug-likeness (QED) is 0.225. The van der Waals surface area contributed by atoms with Crippen LogP contribution in [-0.2, 0) is 0 Å². The lowest BCUT2D eigenvalue weighted by Crippen LogP contribution is -2.38. The van der Waals surface area contributed by atoms with Crippen LogP contribution in [0.5, 0.6) is 0 Å². The Hall–Kier alpha value is -1.80. The number of hydrogen-bond acceptors (Lipinski definition) is 5. The molecule has 0 saturated carbocycles. The summed E-state index contributed by atoms with van der Waals surface area (Å²) < 4.78 is 0.387. The molecule has 0 amide bonds. The van der Waals surface area contributed by atoms with Gasteiger partial charge in [0.05, 0.1) is 5.69 Å². The predicted octanol–water partition coefficient (Wildman–Crippen LogP) is 2.29. The van der Waals surface area contributed by atoms with Crippen molar-refractivity contribution in [2.75, 3.05) is 10.9 Å². The number of thiocarbonyl (C=S) groups is 1. The minimum atomic E-state index is 0.387. The molecular formula is C13H17N5S2. The fourth-order valence-corrected chi connectivity index (χ4v) is 1.32. The van der Waals surface area contributed by atoms with Crippen molar-refractivity contribution < 1.29 is 0 Å². The van der Waals surface area contributed by atoms with Crippen LogP contribution in [-0.4, -0.2) is 4.32 Å². The third-order valence-electron chi connectivity index (χ3n) is 2.09. The van der Waals surface area contributed by atoms with Gasteiger partial charge < -0.3 is 10.9 Å². The summed E-state index contributed by atoms with van der Waals surface area (Å²) >= 11 is 8.52. The first kappa shape index (κ1) is 16.3. The molecule has 0 radical (unpaired) electrons. The highest BCUT2D eigenvalue weighted by Gasteiger charge is 1.86. The number of benzene rings is 2. The molecule has 2 aromatic rings. The van der Waals surface area contributed by atoms with Crippen molar-refractivity contribution in [1.29, 1.82) is 0 Å². The number of nitrogens with one attached hydrogen (secondary N) is 4. The van der Waals surface area contributed by atoms with Crippen molar-refractivity contribution in [1.82, 2.24) is 11.0 Å². The van der Waals surface area contributed by atoms with Crippen LogP contribution in [0.25, 0.3) is 0 Å². The van der Waals surface area contributed by atoms with Crippen molar-refractivity contribution in [3.8, 4) is 0 Å². The summed E-state index contributed by atoms with van der Waals surface area (Å²) in [5, 5.41) is 0. The molecule has 0 aliphatic rings. The minimum Gasteiger partial charge on any atom is -0.324 e. The first-order valence-electron chi connectivity index (χ1n) is 5.79. The summed E-state index contributed by atoms with van der Waals surface area (Å²) in [7, 11) is 0. The number of para-hydroxylation sites is 2. The molecular weight excluding hydrogens is 290 g/mol. The summed E-state index contributed by atoms with van der Waals surface area (Å²) in [6.45, 7) is 0. The van der Waals surface area contributed by atoms with Gasteiger partial charge in [-0.25, -0.2) is 0 Å². The van der Waals surface area contributed by atoms with Gasteiger partial charge in [-0.15, -0.1) is 18.2 Å². The zero-order valence-electron chi connectivity index (χ0n) is 10.7. The molecule has 7 heteroatoms. The molecule has 0 spiro atoms. The van der Waals surface area contributed by atoms with Crippen LogP contribution in [0.4, 0.5) is 11.4 Å². The van der Waals surface area contributed by atoms with Crippen LogP contribution in [0.15, 0.2) is 60.7 Å². The van der Waals surface area contributed by atoms with Gasteiger partial charge in [0.1, 0.15) is 4.32 Å². The van der Waals surface area contributed by atoms with Crippen LogP contribution in [0, 0.1) is 0 Å². The maximum atomic E-state index is 5.10. The maximum Gasteiger partial charge on any atom is 0.146 e. The molecule has 0 heterocycles. The number of nitrogen functional groups attached to an aromatic ring is 1. The van der Waals surface area contributed by atoms with Crippen molar-refractivity contribution in [3.63, 3.8) is 0 Å². The number of rotatable bonds is 4. The van der Waals surface area contributed by atoms with Gasteiger partial charge in [-0.05, 0) is 24.3 Å². The largest absolute Gasteiger partial charge is 0.324 e. The Morgan fingerprint density at radius 3 is 1.80 bits per heavy atom. The highest BCUT2D eigenvalue weighted by molar-refractivity contribution is 8.11. The smallest absolute Gasteiger partial charge is 0.146 e. The summed E-state index contributed by atoms with van der Waals surface area (Å²) in [5.41, 5.74) is 12.6.